The largest absolute Gasteiger partial charge is 0.463 e. The lowest BCUT2D eigenvalue weighted by molar-refractivity contribution is -0.138. The van der Waals surface area contributed by atoms with Gasteiger partial charge in [0.1, 0.15) is 11.6 Å². The van der Waals surface area contributed by atoms with Crippen LogP contribution in [-0.2, 0) is 22.6 Å². The molecule has 1 aliphatic rings. The highest BCUT2D eigenvalue weighted by molar-refractivity contribution is 5.93. The van der Waals surface area contributed by atoms with Gasteiger partial charge in [0, 0.05) is 12.7 Å². The van der Waals surface area contributed by atoms with Crippen molar-refractivity contribution in [2.24, 2.45) is 0 Å². The summed E-state index contributed by atoms with van der Waals surface area (Å²) in [5, 5.41) is 13.9. The molecular weight excluding hydrogens is 330 g/mol. The van der Waals surface area contributed by atoms with Crippen LogP contribution in [0.15, 0.2) is 27.1 Å². The van der Waals surface area contributed by atoms with Crippen LogP contribution in [0.4, 0.5) is 4.79 Å². The zero-order valence-electron chi connectivity index (χ0n) is 13.8. The molecule has 0 bridgehead atoms. The number of nitriles is 1. The van der Waals surface area contributed by atoms with Crippen LogP contribution in [0.5, 0.6) is 0 Å². The Hall–Kier alpha value is -3.35. The van der Waals surface area contributed by atoms with Gasteiger partial charge >= 0.3 is 17.7 Å². The Labute approximate surface area is 142 Å². The van der Waals surface area contributed by atoms with Crippen LogP contribution >= 0.6 is 0 Å². The number of nitrogens with zero attached hydrogens (tertiary/aromatic N) is 3. The predicted molar refractivity (Wildman–Crippen MR) is 85.5 cm³/mol. The SMILES string of the molecule is CCOC(=O)C1=C(Cn2c(=O)c(C#N)cn(CC)c2=O)NC(=O)NC1. The minimum atomic E-state index is -0.791. The molecule has 10 nitrogen and oxygen atoms in total. The zero-order valence-corrected chi connectivity index (χ0v) is 13.8. The normalized spacial score (nSPS) is 13.7. The van der Waals surface area contributed by atoms with Crippen molar-refractivity contribution < 1.29 is 14.3 Å². The van der Waals surface area contributed by atoms with Gasteiger partial charge < -0.3 is 15.4 Å². The van der Waals surface area contributed by atoms with Crippen LogP contribution < -0.4 is 21.9 Å². The lowest BCUT2D eigenvalue weighted by Crippen LogP contribution is -2.48. The molecule has 0 fully saturated rings. The van der Waals surface area contributed by atoms with E-state index in [2.05, 4.69) is 10.6 Å². The van der Waals surface area contributed by atoms with Gasteiger partial charge in [0.2, 0.25) is 0 Å². The smallest absolute Gasteiger partial charge is 0.337 e. The molecule has 0 radical (unpaired) electrons. The molecule has 0 aromatic carbocycles. The van der Waals surface area contributed by atoms with Crippen LogP contribution in [-0.4, -0.2) is 34.3 Å². The molecule has 25 heavy (non-hydrogen) atoms. The fourth-order valence-electron chi connectivity index (χ4n) is 2.33. The van der Waals surface area contributed by atoms with E-state index in [1.807, 2.05) is 0 Å². The van der Waals surface area contributed by atoms with E-state index in [4.69, 9.17) is 10.00 Å². The Kier molecular flexibility index (Phi) is 5.38. The monoisotopic (exact) mass is 347 g/mol. The molecule has 2 amide bonds. The highest BCUT2D eigenvalue weighted by atomic mass is 16.5. The fraction of sp³-hybridized carbons (Fsp3) is 0.400. The first-order valence-corrected chi connectivity index (χ1v) is 7.61. The zero-order chi connectivity index (χ0) is 18.6. The summed E-state index contributed by atoms with van der Waals surface area (Å²) in [6, 6.07) is 1.17. The highest BCUT2D eigenvalue weighted by Crippen LogP contribution is 2.09. The standard InChI is InChI=1S/C15H17N5O5/c1-3-19-7-9(5-16)12(21)20(15(19)24)8-11-10(13(22)25-4-2)6-17-14(23)18-11/h7H,3-4,6,8H2,1-2H3,(H2,17,18,23). The van der Waals surface area contributed by atoms with Gasteiger partial charge in [-0.15, -0.1) is 0 Å². The maximum Gasteiger partial charge on any atom is 0.337 e. The first kappa shape index (κ1) is 18.0. The van der Waals surface area contributed by atoms with E-state index in [1.54, 1.807) is 19.9 Å². The fourth-order valence-corrected chi connectivity index (χ4v) is 2.33. The van der Waals surface area contributed by atoms with Gasteiger partial charge in [0.05, 0.1) is 31.0 Å². The summed E-state index contributed by atoms with van der Waals surface area (Å²) in [7, 11) is 0. The number of ether oxygens (including phenoxy) is 1. The summed E-state index contributed by atoms with van der Waals surface area (Å²) < 4.78 is 6.93. The van der Waals surface area contributed by atoms with E-state index in [9.17, 15) is 19.2 Å². The number of aromatic nitrogens is 2. The van der Waals surface area contributed by atoms with E-state index in [1.165, 1.54) is 10.8 Å². The van der Waals surface area contributed by atoms with Gasteiger partial charge in [-0.3, -0.25) is 13.9 Å². The molecule has 2 N–H and O–H groups in total. The average Bonchev–Trinajstić information content (AvgIpc) is 2.59. The van der Waals surface area contributed by atoms with Crippen LogP contribution in [0.1, 0.15) is 19.4 Å². The number of urea groups is 1. The van der Waals surface area contributed by atoms with Crippen molar-refractivity contribution in [3.8, 4) is 6.07 Å². The predicted octanol–water partition coefficient (Wildman–Crippen LogP) is -0.968. The number of esters is 1. The molecule has 2 rings (SSSR count). The summed E-state index contributed by atoms with van der Waals surface area (Å²) >= 11 is 0. The average molecular weight is 347 g/mol. The molecule has 1 aromatic rings. The molecule has 0 aliphatic carbocycles. The topological polar surface area (TPSA) is 135 Å². The van der Waals surface area contributed by atoms with Crippen LogP contribution in [0.25, 0.3) is 0 Å². The number of hydrogen-bond donors (Lipinski definition) is 2. The van der Waals surface area contributed by atoms with E-state index in [0.717, 1.165) is 4.57 Å². The molecule has 0 spiro atoms. The van der Waals surface area contributed by atoms with Gasteiger partial charge in [-0.2, -0.15) is 5.26 Å². The minimum Gasteiger partial charge on any atom is -0.463 e. The molecule has 0 saturated carbocycles. The first-order valence-electron chi connectivity index (χ1n) is 7.61. The molecule has 0 atom stereocenters. The number of aryl methyl sites for hydroxylation is 1. The van der Waals surface area contributed by atoms with Gasteiger partial charge in [0.15, 0.2) is 0 Å². The van der Waals surface area contributed by atoms with E-state index in [0.29, 0.717) is 0 Å². The molecular formula is C15H17N5O5. The summed E-state index contributed by atoms with van der Waals surface area (Å²) in [5.41, 5.74) is -1.45. The van der Waals surface area contributed by atoms with Gasteiger partial charge in [-0.25, -0.2) is 14.4 Å². The summed E-state index contributed by atoms with van der Waals surface area (Å²) in [6.07, 6.45) is 1.18. The second-order valence-electron chi connectivity index (χ2n) is 5.10. The lowest BCUT2D eigenvalue weighted by atomic mass is 10.1. The van der Waals surface area contributed by atoms with Crippen molar-refractivity contribution in [3.05, 3.63) is 43.9 Å². The van der Waals surface area contributed by atoms with E-state index >= 15 is 0 Å². The van der Waals surface area contributed by atoms with E-state index < -0.39 is 23.2 Å². The number of hydrogen-bond acceptors (Lipinski definition) is 6. The molecule has 1 aromatic heterocycles. The number of nitrogens with one attached hydrogen (secondary N) is 2. The third kappa shape index (κ3) is 3.60. The highest BCUT2D eigenvalue weighted by Gasteiger charge is 2.25. The number of carbonyl (C=O) groups excluding carboxylic acids is 2. The molecule has 10 heteroatoms. The molecule has 0 unspecified atom stereocenters. The Morgan fingerprint density at radius 2 is 2.08 bits per heavy atom. The summed E-state index contributed by atoms with van der Waals surface area (Å²) in [6.45, 7) is 3.27. The van der Waals surface area contributed by atoms with Gasteiger partial charge in [-0.05, 0) is 13.8 Å². The molecule has 132 valence electrons. The van der Waals surface area contributed by atoms with Gasteiger partial charge in [-0.1, -0.05) is 0 Å². The minimum absolute atomic E-state index is 0.0825. The maximum atomic E-state index is 12.4. The number of rotatable bonds is 5. The van der Waals surface area contributed by atoms with Crippen molar-refractivity contribution in [2.45, 2.75) is 26.9 Å². The molecule has 0 saturated heterocycles. The quantitative estimate of drug-likeness (QED) is 0.658. The van der Waals surface area contributed by atoms with Gasteiger partial charge in [0.25, 0.3) is 5.56 Å². The van der Waals surface area contributed by atoms with Crippen LogP contribution in [0.2, 0.25) is 0 Å². The second-order valence-corrected chi connectivity index (χ2v) is 5.10. The Balaban J connectivity index is 2.57. The summed E-state index contributed by atoms with van der Waals surface area (Å²) in [4.78, 5) is 48.3. The third-order valence-corrected chi connectivity index (χ3v) is 3.59. The third-order valence-electron chi connectivity index (χ3n) is 3.59. The maximum absolute atomic E-state index is 12.4. The molecule has 1 aliphatic heterocycles. The Morgan fingerprint density at radius 3 is 2.68 bits per heavy atom. The lowest BCUT2D eigenvalue weighted by Gasteiger charge is -2.22. The molecule has 2 heterocycles. The van der Waals surface area contributed by atoms with Crippen molar-refractivity contribution in [1.82, 2.24) is 19.8 Å². The van der Waals surface area contributed by atoms with Crippen molar-refractivity contribution in [1.29, 1.82) is 5.26 Å². The first-order chi connectivity index (χ1) is 11.9. The number of carbonyl (C=O) groups is 2. The number of amides is 2. The van der Waals surface area contributed by atoms with Crippen molar-refractivity contribution in [3.63, 3.8) is 0 Å². The number of allylic oxidation sites excluding steroid dienone is 1. The Bertz CT molecular complexity index is 902. The Morgan fingerprint density at radius 1 is 1.36 bits per heavy atom. The van der Waals surface area contributed by atoms with Crippen LogP contribution in [0, 0.1) is 11.3 Å². The van der Waals surface area contributed by atoms with Crippen molar-refractivity contribution >= 4 is 12.0 Å². The van der Waals surface area contributed by atoms with E-state index in [-0.39, 0.29) is 43.1 Å². The summed E-state index contributed by atoms with van der Waals surface area (Å²) in [5.74, 6) is -0.662. The van der Waals surface area contributed by atoms with Crippen LogP contribution in [0.3, 0.4) is 0 Å². The van der Waals surface area contributed by atoms with Crippen molar-refractivity contribution in [2.75, 3.05) is 13.2 Å². The second kappa shape index (κ2) is 7.48.